The van der Waals surface area contributed by atoms with Crippen LogP contribution in [-0.2, 0) is 20.3 Å². The van der Waals surface area contributed by atoms with Gasteiger partial charge in [-0.15, -0.1) is 0 Å². The van der Waals surface area contributed by atoms with Crippen LogP contribution in [0.1, 0.15) is 33.1 Å². The lowest BCUT2D eigenvalue weighted by atomic mass is 10.2. The second-order valence-corrected chi connectivity index (χ2v) is 5.25. The number of carbonyl (C=O) groups excluding carboxylic acids is 1. The van der Waals surface area contributed by atoms with Crippen LogP contribution in [0.25, 0.3) is 0 Å². The second kappa shape index (κ2) is 7.63. The SMILES string of the molecule is C=C(C)C(=O)OCCCC(CC)S(C)=O. The van der Waals surface area contributed by atoms with Crippen LogP contribution < -0.4 is 0 Å². The van der Waals surface area contributed by atoms with Gasteiger partial charge in [-0.05, 0) is 26.2 Å². The molecular weight excluding hydrogens is 212 g/mol. The van der Waals surface area contributed by atoms with Crippen molar-refractivity contribution < 1.29 is 13.7 Å². The molecule has 0 aliphatic carbocycles. The quantitative estimate of drug-likeness (QED) is 0.383. The molecule has 0 heterocycles. The van der Waals surface area contributed by atoms with Crippen molar-refractivity contribution in [3.05, 3.63) is 12.2 Å². The van der Waals surface area contributed by atoms with Gasteiger partial charge in [-0.25, -0.2) is 4.79 Å². The summed E-state index contributed by atoms with van der Waals surface area (Å²) >= 11 is 0. The minimum Gasteiger partial charge on any atom is -0.462 e. The zero-order valence-electron chi connectivity index (χ0n) is 9.75. The molecule has 0 radical (unpaired) electrons. The highest BCUT2D eigenvalue weighted by Crippen LogP contribution is 2.08. The molecule has 3 nitrogen and oxygen atoms in total. The fourth-order valence-corrected chi connectivity index (χ4v) is 2.17. The third-order valence-corrected chi connectivity index (χ3v) is 3.68. The van der Waals surface area contributed by atoms with Gasteiger partial charge in [-0.2, -0.15) is 0 Å². The fraction of sp³-hybridized carbons (Fsp3) is 0.727. The number of rotatable bonds is 7. The van der Waals surface area contributed by atoms with Crippen molar-refractivity contribution in [3.63, 3.8) is 0 Å². The van der Waals surface area contributed by atoms with Crippen LogP contribution in [-0.4, -0.2) is 28.3 Å². The lowest BCUT2D eigenvalue weighted by Gasteiger charge is -2.11. The highest BCUT2D eigenvalue weighted by molar-refractivity contribution is 7.84. The minimum absolute atomic E-state index is 0.216. The normalized spacial score (nSPS) is 14.3. The maximum atomic E-state index is 11.2. The number of esters is 1. The summed E-state index contributed by atoms with van der Waals surface area (Å²) in [6.45, 7) is 7.52. The largest absolute Gasteiger partial charge is 0.462 e. The van der Waals surface area contributed by atoms with Crippen molar-refractivity contribution in [2.24, 2.45) is 0 Å². The van der Waals surface area contributed by atoms with E-state index in [-0.39, 0.29) is 11.2 Å². The van der Waals surface area contributed by atoms with Gasteiger partial charge in [0.1, 0.15) is 0 Å². The van der Waals surface area contributed by atoms with Gasteiger partial charge in [-0.1, -0.05) is 13.5 Å². The van der Waals surface area contributed by atoms with Crippen molar-refractivity contribution in [2.45, 2.75) is 38.4 Å². The minimum atomic E-state index is -0.784. The first-order valence-electron chi connectivity index (χ1n) is 5.13. The van der Waals surface area contributed by atoms with Gasteiger partial charge in [0.05, 0.1) is 6.61 Å². The summed E-state index contributed by atoms with van der Waals surface area (Å²) in [5.74, 6) is -0.347. The molecule has 0 aromatic carbocycles. The third-order valence-electron chi connectivity index (χ3n) is 2.18. The standard InChI is InChI=1S/C11H20O3S/c1-5-10(15(4)13)7-6-8-14-11(12)9(2)3/h10H,2,5-8H2,1,3-4H3. The molecule has 0 amide bonds. The Morgan fingerprint density at radius 1 is 1.53 bits per heavy atom. The lowest BCUT2D eigenvalue weighted by molar-refractivity contribution is -0.139. The van der Waals surface area contributed by atoms with E-state index in [1.807, 2.05) is 6.92 Å². The summed E-state index contributed by atoms with van der Waals surface area (Å²) in [5, 5.41) is 0.216. The van der Waals surface area contributed by atoms with Crippen molar-refractivity contribution in [1.82, 2.24) is 0 Å². The molecule has 0 rings (SSSR count). The van der Waals surface area contributed by atoms with E-state index in [2.05, 4.69) is 6.58 Å². The topological polar surface area (TPSA) is 43.4 Å². The predicted octanol–water partition coefficient (Wildman–Crippen LogP) is 2.04. The molecule has 15 heavy (non-hydrogen) atoms. The Kier molecular flexibility index (Phi) is 7.30. The van der Waals surface area contributed by atoms with E-state index in [4.69, 9.17) is 4.74 Å². The second-order valence-electron chi connectivity index (χ2n) is 3.59. The summed E-state index contributed by atoms with van der Waals surface area (Å²) in [7, 11) is -0.784. The van der Waals surface area contributed by atoms with Crippen molar-refractivity contribution in [2.75, 3.05) is 12.9 Å². The fourth-order valence-electron chi connectivity index (χ4n) is 1.20. The van der Waals surface area contributed by atoms with Gasteiger partial charge in [0.25, 0.3) is 0 Å². The van der Waals surface area contributed by atoms with E-state index in [0.717, 1.165) is 19.3 Å². The maximum absolute atomic E-state index is 11.2. The van der Waals surface area contributed by atoms with Crippen LogP contribution in [0.3, 0.4) is 0 Å². The number of ether oxygens (including phenoxy) is 1. The van der Waals surface area contributed by atoms with E-state index in [1.165, 1.54) is 0 Å². The van der Waals surface area contributed by atoms with Gasteiger partial charge in [-0.3, -0.25) is 4.21 Å². The van der Waals surface area contributed by atoms with E-state index >= 15 is 0 Å². The molecule has 88 valence electrons. The summed E-state index contributed by atoms with van der Waals surface area (Å²) in [6, 6.07) is 0. The number of hydrogen-bond acceptors (Lipinski definition) is 3. The molecule has 2 atom stereocenters. The molecule has 0 aliphatic heterocycles. The molecular formula is C11H20O3S. The van der Waals surface area contributed by atoms with Crippen LogP contribution in [0.4, 0.5) is 0 Å². The van der Waals surface area contributed by atoms with Crippen molar-refractivity contribution in [3.8, 4) is 0 Å². The molecule has 2 unspecified atom stereocenters. The lowest BCUT2D eigenvalue weighted by Crippen LogP contribution is -2.14. The Hall–Kier alpha value is -0.640. The molecule has 0 aromatic heterocycles. The number of carbonyl (C=O) groups is 1. The highest BCUT2D eigenvalue weighted by atomic mass is 32.2. The van der Waals surface area contributed by atoms with Crippen LogP contribution in [0.2, 0.25) is 0 Å². The molecule has 0 aromatic rings. The summed E-state index contributed by atoms with van der Waals surface area (Å²) < 4.78 is 16.1. The summed E-state index contributed by atoms with van der Waals surface area (Å²) in [5.41, 5.74) is 0.418. The average molecular weight is 232 g/mol. The zero-order valence-corrected chi connectivity index (χ0v) is 10.6. The van der Waals surface area contributed by atoms with Gasteiger partial charge in [0, 0.05) is 27.9 Å². The number of hydrogen-bond donors (Lipinski definition) is 0. The van der Waals surface area contributed by atoms with Crippen LogP contribution in [0.15, 0.2) is 12.2 Å². The zero-order chi connectivity index (χ0) is 11.8. The van der Waals surface area contributed by atoms with E-state index < -0.39 is 10.8 Å². The monoisotopic (exact) mass is 232 g/mol. The molecule has 0 bridgehead atoms. The Balaban J connectivity index is 3.66. The van der Waals surface area contributed by atoms with Crippen molar-refractivity contribution in [1.29, 1.82) is 0 Å². The van der Waals surface area contributed by atoms with E-state index in [9.17, 15) is 9.00 Å². The third kappa shape index (κ3) is 6.44. The first kappa shape index (κ1) is 14.4. The Bertz CT molecular complexity index is 248. The average Bonchev–Trinajstić information content (AvgIpc) is 2.16. The van der Waals surface area contributed by atoms with Gasteiger partial charge >= 0.3 is 5.97 Å². The summed E-state index contributed by atoms with van der Waals surface area (Å²) in [4.78, 5) is 11.0. The molecule has 0 saturated carbocycles. The van der Waals surface area contributed by atoms with Crippen molar-refractivity contribution >= 4 is 16.8 Å². The molecule has 0 aliphatic rings. The predicted molar refractivity (Wildman–Crippen MR) is 63.2 cm³/mol. The van der Waals surface area contributed by atoms with Crippen LogP contribution in [0, 0.1) is 0 Å². The van der Waals surface area contributed by atoms with Crippen LogP contribution in [0.5, 0.6) is 0 Å². The molecule has 0 fully saturated rings. The summed E-state index contributed by atoms with van der Waals surface area (Å²) in [6.07, 6.45) is 4.21. The first-order valence-corrected chi connectivity index (χ1v) is 6.76. The highest BCUT2D eigenvalue weighted by Gasteiger charge is 2.10. The van der Waals surface area contributed by atoms with E-state index in [1.54, 1.807) is 13.2 Å². The molecule has 0 spiro atoms. The van der Waals surface area contributed by atoms with Crippen LogP contribution >= 0.6 is 0 Å². The first-order chi connectivity index (χ1) is 6.99. The molecule has 4 heteroatoms. The molecule has 0 saturated heterocycles. The van der Waals surface area contributed by atoms with Gasteiger partial charge < -0.3 is 4.74 Å². The van der Waals surface area contributed by atoms with E-state index in [0.29, 0.717) is 12.2 Å². The molecule has 0 N–H and O–H groups in total. The van der Waals surface area contributed by atoms with Gasteiger partial charge in [0.15, 0.2) is 0 Å². The Morgan fingerprint density at radius 2 is 2.13 bits per heavy atom. The Labute approximate surface area is 94.3 Å². The Morgan fingerprint density at radius 3 is 2.53 bits per heavy atom. The maximum Gasteiger partial charge on any atom is 0.333 e. The van der Waals surface area contributed by atoms with Gasteiger partial charge in [0.2, 0.25) is 0 Å². The smallest absolute Gasteiger partial charge is 0.333 e.